The lowest BCUT2D eigenvalue weighted by atomic mass is 10.2. The molecule has 0 aromatic heterocycles. The van der Waals surface area contributed by atoms with E-state index in [1.807, 2.05) is 0 Å². The summed E-state index contributed by atoms with van der Waals surface area (Å²) >= 11 is 5.80. The molecule has 0 saturated carbocycles. The fourth-order valence-electron chi connectivity index (χ4n) is 1.69. The van der Waals surface area contributed by atoms with Gasteiger partial charge in [-0.05, 0) is 30.3 Å². The average Bonchev–Trinajstić information content (AvgIpc) is 2.40. The van der Waals surface area contributed by atoms with Crippen molar-refractivity contribution in [1.29, 1.82) is 0 Å². The first-order valence-electron chi connectivity index (χ1n) is 5.84. The molecule has 0 saturated heterocycles. The van der Waals surface area contributed by atoms with Crippen LogP contribution in [0.5, 0.6) is 0 Å². The van der Waals surface area contributed by atoms with E-state index >= 15 is 0 Å². The lowest BCUT2D eigenvalue weighted by molar-refractivity contribution is 0.102. The summed E-state index contributed by atoms with van der Waals surface area (Å²) in [6.07, 6.45) is 0.993. The molecule has 1 amide bonds. The Bertz CT molecular complexity index is 806. The molecule has 0 bridgehead atoms. The number of benzene rings is 2. The molecule has 110 valence electrons. The molecule has 0 radical (unpaired) electrons. The van der Waals surface area contributed by atoms with Gasteiger partial charge in [0.15, 0.2) is 9.84 Å². The normalized spacial score (nSPS) is 11.2. The number of hydrogen-bond acceptors (Lipinski definition) is 3. The maximum Gasteiger partial charge on any atom is 0.255 e. The molecule has 0 heterocycles. The van der Waals surface area contributed by atoms with Crippen molar-refractivity contribution in [3.63, 3.8) is 0 Å². The highest BCUT2D eigenvalue weighted by atomic mass is 35.5. The smallest absolute Gasteiger partial charge is 0.255 e. The molecule has 0 atom stereocenters. The fourth-order valence-corrected chi connectivity index (χ4v) is 2.99. The molecule has 0 unspecified atom stereocenters. The van der Waals surface area contributed by atoms with Crippen molar-refractivity contribution < 1.29 is 17.6 Å². The van der Waals surface area contributed by atoms with Gasteiger partial charge in [0.25, 0.3) is 5.91 Å². The van der Waals surface area contributed by atoms with Gasteiger partial charge in [-0.3, -0.25) is 4.79 Å². The quantitative estimate of drug-likeness (QED) is 0.942. The molecular formula is C14H11ClFNO3S. The number of hydrogen-bond donors (Lipinski definition) is 1. The van der Waals surface area contributed by atoms with E-state index in [0.717, 1.165) is 12.3 Å². The highest BCUT2D eigenvalue weighted by Gasteiger charge is 2.16. The minimum absolute atomic E-state index is 0.0124. The van der Waals surface area contributed by atoms with Crippen LogP contribution < -0.4 is 5.32 Å². The van der Waals surface area contributed by atoms with Gasteiger partial charge in [0.2, 0.25) is 0 Å². The first-order chi connectivity index (χ1) is 9.79. The second-order valence-corrected chi connectivity index (χ2v) is 6.74. The molecule has 0 aliphatic heterocycles. The van der Waals surface area contributed by atoms with E-state index in [9.17, 15) is 17.6 Å². The lowest BCUT2D eigenvalue weighted by Crippen LogP contribution is -2.13. The van der Waals surface area contributed by atoms with Crippen molar-refractivity contribution in [2.45, 2.75) is 4.90 Å². The van der Waals surface area contributed by atoms with Crippen LogP contribution in [0.4, 0.5) is 10.1 Å². The second kappa shape index (κ2) is 5.83. The van der Waals surface area contributed by atoms with Crippen molar-refractivity contribution in [2.24, 2.45) is 0 Å². The molecular weight excluding hydrogens is 317 g/mol. The second-order valence-electron chi connectivity index (χ2n) is 4.35. The van der Waals surface area contributed by atoms with Crippen molar-refractivity contribution >= 4 is 33.0 Å². The van der Waals surface area contributed by atoms with E-state index in [2.05, 4.69) is 5.32 Å². The number of sulfone groups is 1. The van der Waals surface area contributed by atoms with E-state index in [1.165, 1.54) is 30.3 Å². The van der Waals surface area contributed by atoms with Gasteiger partial charge in [0.05, 0.1) is 15.6 Å². The Kier molecular flexibility index (Phi) is 4.29. The zero-order chi connectivity index (χ0) is 15.6. The fraction of sp³-hybridized carbons (Fsp3) is 0.0714. The molecule has 4 nitrogen and oxygen atoms in total. The third-order valence-electron chi connectivity index (χ3n) is 2.71. The third-order valence-corrected chi connectivity index (χ3v) is 4.29. The van der Waals surface area contributed by atoms with E-state index in [1.54, 1.807) is 6.07 Å². The van der Waals surface area contributed by atoms with Gasteiger partial charge in [-0.2, -0.15) is 0 Å². The van der Waals surface area contributed by atoms with Crippen LogP contribution in [0.25, 0.3) is 0 Å². The Morgan fingerprint density at radius 2 is 1.86 bits per heavy atom. The van der Waals surface area contributed by atoms with Gasteiger partial charge in [-0.1, -0.05) is 23.7 Å². The Hall–Kier alpha value is -1.92. The molecule has 0 aliphatic rings. The number of carbonyl (C=O) groups is 1. The Morgan fingerprint density at radius 3 is 2.48 bits per heavy atom. The molecule has 2 rings (SSSR count). The van der Waals surface area contributed by atoms with Gasteiger partial charge in [-0.15, -0.1) is 0 Å². The topological polar surface area (TPSA) is 63.2 Å². The van der Waals surface area contributed by atoms with Crippen LogP contribution in [-0.2, 0) is 9.84 Å². The molecule has 0 spiro atoms. The molecule has 1 N–H and O–H groups in total. The summed E-state index contributed by atoms with van der Waals surface area (Å²) in [6.45, 7) is 0. The van der Waals surface area contributed by atoms with Crippen LogP contribution in [0.15, 0.2) is 47.4 Å². The monoisotopic (exact) mass is 327 g/mol. The maximum atomic E-state index is 13.5. The predicted molar refractivity (Wildman–Crippen MR) is 78.9 cm³/mol. The summed E-state index contributed by atoms with van der Waals surface area (Å²) < 4.78 is 36.6. The van der Waals surface area contributed by atoms with Crippen molar-refractivity contribution in [3.8, 4) is 0 Å². The number of amides is 1. The zero-order valence-electron chi connectivity index (χ0n) is 10.9. The average molecular weight is 328 g/mol. The Labute approximate surface area is 126 Å². The number of rotatable bonds is 3. The first kappa shape index (κ1) is 15.5. The number of halogens is 2. The predicted octanol–water partition coefficient (Wildman–Crippen LogP) is 3.13. The summed E-state index contributed by atoms with van der Waals surface area (Å²) in [6, 6.07) is 9.52. The van der Waals surface area contributed by atoms with Crippen LogP contribution >= 0.6 is 11.6 Å². The molecule has 7 heteroatoms. The van der Waals surface area contributed by atoms with Gasteiger partial charge in [0, 0.05) is 11.8 Å². The van der Waals surface area contributed by atoms with E-state index in [0.29, 0.717) is 0 Å². The van der Waals surface area contributed by atoms with Crippen molar-refractivity contribution in [2.75, 3.05) is 11.6 Å². The summed E-state index contributed by atoms with van der Waals surface area (Å²) in [5.41, 5.74) is 0.0847. The van der Waals surface area contributed by atoms with Crippen LogP contribution in [0.3, 0.4) is 0 Å². The minimum Gasteiger partial charge on any atom is -0.319 e. The molecule has 2 aromatic rings. The highest BCUT2D eigenvalue weighted by Crippen LogP contribution is 2.23. The van der Waals surface area contributed by atoms with E-state index in [-0.39, 0.29) is 21.2 Å². The Morgan fingerprint density at radius 1 is 1.19 bits per heavy atom. The molecule has 0 aliphatic carbocycles. The number of anilines is 1. The van der Waals surface area contributed by atoms with E-state index in [4.69, 9.17) is 11.6 Å². The van der Waals surface area contributed by atoms with Crippen LogP contribution in [0.1, 0.15) is 10.4 Å². The largest absolute Gasteiger partial charge is 0.319 e. The van der Waals surface area contributed by atoms with Crippen LogP contribution in [-0.4, -0.2) is 20.6 Å². The van der Waals surface area contributed by atoms with Gasteiger partial charge < -0.3 is 5.32 Å². The lowest BCUT2D eigenvalue weighted by Gasteiger charge is -2.08. The summed E-state index contributed by atoms with van der Waals surface area (Å²) in [4.78, 5) is 11.9. The molecule has 0 fully saturated rings. The maximum absolute atomic E-state index is 13.5. The SMILES string of the molecule is CS(=O)(=O)c1cc(C(=O)Nc2ccccc2F)ccc1Cl. The van der Waals surface area contributed by atoms with E-state index < -0.39 is 21.6 Å². The highest BCUT2D eigenvalue weighted by molar-refractivity contribution is 7.90. The van der Waals surface area contributed by atoms with Gasteiger partial charge in [-0.25, -0.2) is 12.8 Å². The first-order valence-corrected chi connectivity index (χ1v) is 8.11. The standard InChI is InChI=1S/C14H11ClFNO3S/c1-21(19,20)13-8-9(6-7-10(13)15)14(18)17-12-5-3-2-4-11(12)16/h2-8H,1H3,(H,17,18). The summed E-state index contributed by atoms with van der Waals surface area (Å²) in [5, 5.41) is 2.40. The third kappa shape index (κ3) is 3.59. The minimum atomic E-state index is -3.56. The van der Waals surface area contributed by atoms with Crippen molar-refractivity contribution in [1.82, 2.24) is 0 Å². The van der Waals surface area contributed by atoms with Gasteiger partial charge in [0.1, 0.15) is 5.82 Å². The Balaban J connectivity index is 2.35. The molecule has 2 aromatic carbocycles. The van der Waals surface area contributed by atoms with Gasteiger partial charge >= 0.3 is 0 Å². The van der Waals surface area contributed by atoms with Crippen LogP contribution in [0.2, 0.25) is 5.02 Å². The molecule has 21 heavy (non-hydrogen) atoms. The van der Waals surface area contributed by atoms with Crippen LogP contribution in [0, 0.1) is 5.82 Å². The number of nitrogens with one attached hydrogen (secondary N) is 1. The number of para-hydroxylation sites is 1. The zero-order valence-corrected chi connectivity index (χ0v) is 12.5. The summed E-state index contributed by atoms with van der Waals surface area (Å²) in [7, 11) is -3.56. The summed E-state index contributed by atoms with van der Waals surface area (Å²) in [5.74, 6) is -1.20. The van der Waals surface area contributed by atoms with Crippen molar-refractivity contribution in [3.05, 3.63) is 58.9 Å². The number of carbonyl (C=O) groups excluding carboxylic acids is 1.